The maximum atomic E-state index is 11.1. The number of ether oxygens (including phenoxy) is 1. The Morgan fingerprint density at radius 3 is 2.50 bits per heavy atom. The van der Waals surface area contributed by atoms with Crippen molar-refractivity contribution >= 4 is 21.9 Å². The number of benzene rings is 1. The van der Waals surface area contributed by atoms with Crippen LogP contribution in [0.1, 0.15) is 20.7 Å². The number of aliphatic hydroxyl groups excluding tert-OH is 1. The van der Waals surface area contributed by atoms with Crippen LogP contribution in [-0.4, -0.2) is 24.8 Å². The topological polar surface area (TPSA) is 46.5 Å². The number of carbonyl (C=O) groups excluding carboxylic acids is 1. The molecule has 0 saturated carbocycles. The SMILES string of the molecule is COC(=O)c1ccc(C(Br)CO)cc1. The first-order valence-electron chi connectivity index (χ1n) is 4.12. The molecule has 1 N–H and O–H groups in total. The molecule has 0 spiro atoms. The largest absolute Gasteiger partial charge is 0.465 e. The molecule has 1 aromatic carbocycles. The van der Waals surface area contributed by atoms with Gasteiger partial charge in [-0.05, 0) is 17.7 Å². The van der Waals surface area contributed by atoms with Gasteiger partial charge in [-0.15, -0.1) is 0 Å². The minimum atomic E-state index is -0.355. The summed E-state index contributed by atoms with van der Waals surface area (Å²) in [4.78, 5) is 11.0. The highest BCUT2D eigenvalue weighted by molar-refractivity contribution is 9.09. The van der Waals surface area contributed by atoms with Gasteiger partial charge in [-0.3, -0.25) is 0 Å². The van der Waals surface area contributed by atoms with Crippen LogP contribution in [0.5, 0.6) is 0 Å². The van der Waals surface area contributed by atoms with Crippen molar-refractivity contribution in [3.05, 3.63) is 35.4 Å². The first-order chi connectivity index (χ1) is 6.69. The van der Waals surface area contributed by atoms with Crippen LogP contribution >= 0.6 is 15.9 Å². The lowest BCUT2D eigenvalue weighted by Gasteiger charge is -2.06. The molecule has 0 fully saturated rings. The third kappa shape index (κ3) is 2.56. The van der Waals surface area contributed by atoms with Crippen LogP contribution in [0.25, 0.3) is 0 Å². The van der Waals surface area contributed by atoms with Crippen LogP contribution in [-0.2, 0) is 4.74 Å². The van der Waals surface area contributed by atoms with Gasteiger partial charge in [0.2, 0.25) is 0 Å². The summed E-state index contributed by atoms with van der Waals surface area (Å²) in [7, 11) is 1.34. The van der Waals surface area contributed by atoms with Crippen molar-refractivity contribution in [2.24, 2.45) is 0 Å². The number of methoxy groups -OCH3 is 1. The van der Waals surface area contributed by atoms with E-state index in [2.05, 4.69) is 20.7 Å². The van der Waals surface area contributed by atoms with E-state index in [9.17, 15) is 4.79 Å². The highest BCUT2D eigenvalue weighted by Crippen LogP contribution is 2.21. The van der Waals surface area contributed by atoms with Gasteiger partial charge in [-0.2, -0.15) is 0 Å². The average Bonchev–Trinajstić information content (AvgIpc) is 2.27. The van der Waals surface area contributed by atoms with Gasteiger partial charge >= 0.3 is 5.97 Å². The molecule has 4 heteroatoms. The Bertz CT molecular complexity index is 308. The average molecular weight is 259 g/mol. The lowest BCUT2D eigenvalue weighted by Crippen LogP contribution is -2.02. The molecule has 0 bridgehead atoms. The highest BCUT2D eigenvalue weighted by atomic mass is 79.9. The van der Waals surface area contributed by atoms with Crippen LogP contribution in [0.4, 0.5) is 0 Å². The van der Waals surface area contributed by atoms with Gasteiger partial charge in [-0.1, -0.05) is 28.1 Å². The summed E-state index contributed by atoms with van der Waals surface area (Å²) < 4.78 is 4.56. The number of rotatable bonds is 3. The molecule has 0 radical (unpaired) electrons. The zero-order valence-electron chi connectivity index (χ0n) is 7.74. The molecule has 3 nitrogen and oxygen atoms in total. The summed E-state index contributed by atoms with van der Waals surface area (Å²) in [6.45, 7) is 0.0254. The van der Waals surface area contributed by atoms with E-state index in [0.717, 1.165) is 5.56 Å². The van der Waals surface area contributed by atoms with E-state index in [0.29, 0.717) is 5.56 Å². The molecule has 76 valence electrons. The second-order valence-corrected chi connectivity index (χ2v) is 3.87. The van der Waals surface area contributed by atoms with E-state index in [4.69, 9.17) is 5.11 Å². The van der Waals surface area contributed by atoms with E-state index < -0.39 is 0 Å². The van der Waals surface area contributed by atoms with E-state index >= 15 is 0 Å². The molecule has 1 atom stereocenters. The van der Waals surface area contributed by atoms with Crippen molar-refractivity contribution in [3.8, 4) is 0 Å². The fourth-order valence-corrected chi connectivity index (χ4v) is 1.36. The van der Waals surface area contributed by atoms with Crippen molar-refractivity contribution in [1.82, 2.24) is 0 Å². The number of carbonyl (C=O) groups is 1. The molecule has 0 aliphatic heterocycles. The van der Waals surface area contributed by atoms with Crippen molar-refractivity contribution in [2.45, 2.75) is 4.83 Å². The zero-order chi connectivity index (χ0) is 10.6. The van der Waals surface area contributed by atoms with Crippen LogP contribution in [0, 0.1) is 0 Å². The first kappa shape index (κ1) is 11.2. The standard InChI is InChI=1S/C10H11BrO3/c1-14-10(13)8-4-2-7(3-5-8)9(11)6-12/h2-5,9,12H,6H2,1H3. The quantitative estimate of drug-likeness (QED) is 0.666. The number of esters is 1. The molecule has 0 aliphatic rings. The zero-order valence-corrected chi connectivity index (χ0v) is 9.32. The van der Waals surface area contributed by atoms with Crippen LogP contribution in [0.2, 0.25) is 0 Å². The van der Waals surface area contributed by atoms with Gasteiger partial charge < -0.3 is 9.84 Å². The molecule has 1 aromatic rings. The van der Waals surface area contributed by atoms with E-state index in [1.54, 1.807) is 24.3 Å². The molecule has 1 unspecified atom stereocenters. The summed E-state index contributed by atoms with van der Waals surface area (Å²) in [5.74, 6) is -0.355. The normalized spacial score (nSPS) is 12.2. The molecular weight excluding hydrogens is 248 g/mol. The predicted octanol–water partition coefficient (Wildman–Crippen LogP) is 1.90. The summed E-state index contributed by atoms with van der Waals surface area (Å²) in [5, 5.41) is 8.87. The Morgan fingerprint density at radius 2 is 2.07 bits per heavy atom. The van der Waals surface area contributed by atoms with Gasteiger partial charge in [0.15, 0.2) is 0 Å². The third-order valence-electron chi connectivity index (χ3n) is 1.85. The maximum Gasteiger partial charge on any atom is 0.337 e. The van der Waals surface area contributed by atoms with Gasteiger partial charge in [0.05, 0.1) is 24.1 Å². The Labute approximate surface area is 90.8 Å². The van der Waals surface area contributed by atoms with Crippen LogP contribution in [0.3, 0.4) is 0 Å². The predicted molar refractivity (Wildman–Crippen MR) is 56.5 cm³/mol. The smallest absolute Gasteiger partial charge is 0.337 e. The Morgan fingerprint density at radius 1 is 1.50 bits per heavy atom. The number of alkyl halides is 1. The lowest BCUT2D eigenvalue weighted by atomic mass is 10.1. The van der Waals surface area contributed by atoms with Crippen molar-refractivity contribution in [2.75, 3.05) is 13.7 Å². The third-order valence-corrected chi connectivity index (χ3v) is 2.67. The molecule has 0 aliphatic carbocycles. The first-order valence-corrected chi connectivity index (χ1v) is 5.03. The monoisotopic (exact) mass is 258 g/mol. The molecule has 0 heterocycles. The van der Waals surface area contributed by atoms with Crippen LogP contribution in [0.15, 0.2) is 24.3 Å². The number of hydrogen-bond acceptors (Lipinski definition) is 3. The summed E-state index contributed by atoms with van der Waals surface area (Å²) in [6.07, 6.45) is 0. The van der Waals surface area contributed by atoms with Gasteiger partial charge in [0.1, 0.15) is 0 Å². The molecule has 0 saturated heterocycles. The van der Waals surface area contributed by atoms with Gasteiger partial charge in [0, 0.05) is 0 Å². The van der Waals surface area contributed by atoms with Gasteiger partial charge in [0.25, 0.3) is 0 Å². The molecule has 1 rings (SSSR count). The van der Waals surface area contributed by atoms with E-state index in [-0.39, 0.29) is 17.4 Å². The lowest BCUT2D eigenvalue weighted by molar-refractivity contribution is 0.0600. The van der Waals surface area contributed by atoms with E-state index in [1.165, 1.54) is 7.11 Å². The molecular formula is C10H11BrO3. The highest BCUT2D eigenvalue weighted by Gasteiger charge is 2.08. The van der Waals surface area contributed by atoms with E-state index in [1.807, 2.05) is 0 Å². The fourth-order valence-electron chi connectivity index (χ4n) is 1.05. The van der Waals surface area contributed by atoms with Crippen molar-refractivity contribution in [1.29, 1.82) is 0 Å². The van der Waals surface area contributed by atoms with Crippen LogP contribution < -0.4 is 0 Å². The molecule has 0 amide bonds. The number of aliphatic hydroxyl groups is 1. The fraction of sp³-hybridized carbons (Fsp3) is 0.300. The second-order valence-electron chi connectivity index (χ2n) is 2.76. The Hall–Kier alpha value is -0.870. The maximum absolute atomic E-state index is 11.1. The summed E-state index contributed by atoms with van der Waals surface area (Å²) in [5.41, 5.74) is 1.44. The Balaban J connectivity index is 2.83. The Kier molecular flexibility index (Phi) is 4.10. The number of hydrogen-bond donors (Lipinski definition) is 1. The minimum Gasteiger partial charge on any atom is -0.465 e. The second kappa shape index (κ2) is 5.12. The number of halogens is 1. The van der Waals surface area contributed by atoms with Crippen molar-refractivity contribution < 1.29 is 14.6 Å². The minimum absolute atomic E-state index is 0.0254. The molecule has 0 aromatic heterocycles. The summed E-state index contributed by atoms with van der Waals surface area (Å²) in [6, 6.07) is 6.90. The molecule has 14 heavy (non-hydrogen) atoms. The van der Waals surface area contributed by atoms with Crippen molar-refractivity contribution in [3.63, 3.8) is 0 Å². The summed E-state index contributed by atoms with van der Waals surface area (Å²) >= 11 is 3.30. The van der Waals surface area contributed by atoms with Gasteiger partial charge in [-0.25, -0.2) is 4.79 Å².